The van der Waals surface area contributed by atoms with Gasteiger partial charge in [0, 0.05) is 0 Å². The standard InChI is InChI=1S/C7H4F6O2/c8-3-1-2-5(9,4(14)15)7(12,13)6(3,10)11/h1-3H,(H,14,15)/p-1. The number of alkyl halides is 6. The van der Waals surface area contributed by atoms with Crippen LogP contribution in [0, 0.1) is 0 Å². The zero-order valence-electron chi connectivity index (χ0n) is 6.82. The Morgan fingerprint density at radius 1 is 1.20 bits per heavy atom. The first-order valence-corrected chi connectivity index (χ1v) is 3.57. The van der Waals surface area contributed by atoms with Crippen LogP contribution in [-0.4, -0.2) is 29.7 Å². The van der Waals surface area contributed by atoms with Gasteiger partial charge in [0.15, 0.2) is 6.17 Å². The third-order valence-corrected chi connectivity index (χ3v) is 2.01. The van der Waals surface area contributed by atoms with Crippen molar-refractivity contribution in [2.75, 3.05) is 0 Å². The molecular weight excluding hydrogens is 230 g/mol. The minimum absolute atomic E-state index is 0.271. The van der Waals surface area contributed by atoms with Crippen molar-refractivity contribution in [3.05, 3.63) is 12.2 Å². The van der Waals surface area contributed by atoms with Gasteiger partial charge < -0.3 is 9.90 Å². The highest BCUT2D eigenvalue weighted by Crippen LogP contribution is 2.50. The molecule has 2 unspecified atom stereocenters. The predicted octanol–water partition coefficient (Wildman–Crippen LogP) is 0.623. The average Bonchev–Trinajstić information content (AvgIpc) is 2.10. The number of rotatable bonds is 1. The zero-order valence-corrected chi connectivity index (χ0v) is 6.82. The summed E-state index contributed by atoms with van der Waals surface area (Å²) in [5.41, 5.74) is -4.71. The lowest BCUT2D eigenvalue weighted by Crippen LogP contribution is -2.67. The van der Waals surface area contributed by atoms with Crippen molar-refractivity contribution in [3.8, 4) is 0 Å². The van der Waals surface area contributed by atoms with Crippen molar-refractivity contribution in [2.45, 2.75) is 23.7 Å². The lowest BCUT2D eigenvalue weighted by Gasteiger charge is -2.40. The topological polar surface area (TPSA) is 40.1 Å². The number of carbonyl (C=O) groups excluding carboxylic acids is 1. The smallest absolute Gasteiger partial charge is 0.355 e. The molecule has 15 heavy (non-hydrogen) atoms. The van der Waals surface area contributed by atoms with Crippen LogP contribution in [0.15, 0.2) is 12.2 Å². The van der Waals surface area contributed by atoms with E-state index < -0.39 is 35.7 Å². The first-order chi connectivity index (χ1) is 6.57. The Kier molecular flexibility index (Phi) is 2.29. The molecule has 0 saturated carbocycles. The average molecular weight is 233 g/mol. The number of carboxylic acids is 1. The van der Waals surface area contributed by atoms with Crippen molar-refractivity contribution < 1.29 is 36.2 Å². The van der Waals surface area contributed by atoms with E-state index in [9.17, 15) is 36.2 Å². The molecule has 2 nitrogen and oxygen atoms in total. The molecule has 0 fully saturated rings. The molecule has 0 N–H and O–H groups in total. The number of hydrogen-bond acceptors (Lipinski definition) is 2. The molecule has 8 heteroatoms. The minimum atomic E-state index is -5.70. The number of hydrogen-bond donors (Lipinski definition) is 0. The quantitative estimate of drug-likeness (QED) is 0.492. The van der Waals surface area contributed by atoms with E-state index in [4.69, 9.17) is 0 Å². The molecule has 0 saturated heterocycles. The maximum Gasteiger partial charge on any atom is 0.355 e. The molecule has 86 valence electrons. The molecule has 2 atom stereocenters. The third-order valence-electron chi connectivity index (χ3n) is 2.01. The Bertz CT molecular complexity index is 325. The van der Waals surface area contributed by atoms with E-state index in [0.717, 1.165) is 0 Å². The highest BCUT2D eigenvalue weighted by Gasteiger charge is 2.74. The Balaban J connectivity index is 3.37. The lowest BCUT2D eigenvalue weighted by atomic mass is 9.84. The van der Waals surface area contributed by atoms with Crippen LogP contribution in [0.5, 0.6) is 0 Å². The van der Waals surface area contributed by atoms with E-state index in [0.29, 0.717) is 0 Å². The van der Waals surface area contributed by atoms with Gasteiger partial charge in [0.1, 0.15) is 0 Å². The van der Waals surface area contributed by atoms with Crippen LogP contribution in [0.1, 0.15) is 0 Å². The Morgan fingerprint density at radius 3 is 2.07 bits per heavy atom. The van der Waals surface area contributed by atoms with E-state index >= 15 is 0 Å². The van der Waals surface area contributed by atoms with Crippen molar-refractivity contribution in [3.63, 3.8) is 0 Å². The van der Waals surface area contributed by atoms with Gasteiger partial charge in [-0.1, -0.05) is 0 Å². The summed E-state index contributed by atoms with van der Waals surface area (Å²) in [5, 5.41) is 10.0. The van der Waals surface area contributed by atoms with Crippen LogP contribution in [0.4, 0.5) is 26.3 Å². The van der Waals surface area contributed by atoms with Gasteiger partial charge in [0.05, 0.1) is 5.97 Å². The van der Waals surface area contributed by atoms with Crippen molar-refractivity contribution in [1.29, 1.82) is 0 Å². The number of allylic oxidation sites excluding steroid dienone is 1. The monoisotopic (exact) mass is 233 g/mol. The van der Waals surface area contributed by atoms with Crippen molar-refractivity contribution in [1.82, 2.24) is 0 Å². The largest absolute Gasteiger partial charge is 0.546 e. The van der Waals surface area contributed by atoms with Gasteiger partial charge in [-0.25, -0.2) is 8.78 Å². The second-order valence-electron chi connectivity index (χ2n) is 2.96. The summed E-state index contributed by atoms with van der Waals surface area (Å²) >= 11 is 0. The normalized spacial score (nSPS) is 37.6. The molecule has 0 heterocycles. The van der Waals surface area contributed by atoms with Crippen LogP contribution in [0.3, 0.4) is 0 Å². The van der Waals surface area contributed by atoms with E-state index in [-0.39, 0.29) is 6.08 Å². The number of halogens is 6. The Labute approximate surface area is 79.2 Å². The van der Waals surface area contributed by atoms with E-state index in [1.807, 2.05) is 0 Å². The van der Waals surface area contributed by atoms with Crippen molar-refractivity contribution >= 4 is 5.97 Å². The first kappa shape index (κ1) is 11.9. The molecule has 0 spiro atoms. The highest BCUT2D eigenvalue weighted by atomic mass is 19.3. The van der Waals surface area contributed by atoms with E-state index in [1.54, 1.807) is 0 Å². The molecule has 0 aromatic rings. The third kappa shape index (κ3) is 1.23. The molecule has 1 rings (SSSR count). The summed E-state index contributed by atoms with van der Waals surface area (Å²) in [7, 11) is 0. The van der Waals surface area contributed by atoms with Gasteiger partial charge in [-0.15, -0.1) is 0 Å². The number of carbonyl (C=O) groups is 1. The van der Waals surface area contributed by atoms with Gasteiger partial charge in [0.25, 0.3) is 0 Å². The van der Waals surface area contributed by atoms with Crippen LogP contribution in [-0.2, 0) is 4.79 Å². The highest BCUT2D eigenvalue weighted by molar-refractivity contribution is 5.80. The van der Waals surface area contributed by atoms with Gasteiger partial charge in [-0.05, 0) is 12.2 Å². The summed E-state index contributed by atoms with van der Waals surface area (Å²) in [5.74, 6) is -14.2. The van der Waals surface area contributed by atoms with Crippen molar-refractivity contribution in [2.24, 2.45) is 0 Å². The van der Waals surface area contributed by atoms with Gasteiger partial charge in [-0.3, -0.25) is 0 Å². The summed E-state index contributed by atoms with van der Waals surface area (Å²) in [6.07, 6.45) is -4.19. The maximum absolute atomic E-state index is 13.0. The van der Waals surface area contributed by atoms with Crippen LogP contribution in [0.25, 0.3) is 0 Å². The summed E-state index contributed by atoms with van der Waals surface area (Å²) in [4.78, 5) is 10.0. The molecule has 0 amide bonds. The fourth-order valence-electron chi connectivity index (χ4n) is 1.05. The second-order valence-corrected chi connectivity index (χ2v) is 2.96. The zero-order chi connectivity index (χ0) is 12.1. The summed E-state index contributed by atoms with van der Waals surface area (Å²) < 4.78 is 75.8. The molecular formula is C7H3F6O2-. The summed E-state index contributed by atoms with van der Waals surface area (Å²) in [6.45, 7) is 0. The lowest BCUT2D eigenvalue weighted by molar-refractivity contribution is -0.347. The van der Waals surface area contributed by atoms with Gasteiger partial charge in [0.2, 0.25) is 5.67 Å². The SMILES string of the molecule is O=C([O-])C1(F)C=CC(F)C(F)(F)C1(F)F. The molecule has 0 aromatic carbocycles. The van der Waals surface area contributed by atoms with Crippen LogP contribution >= 0.6 is 0 Å². The predicted molar refractivity (Wildman–Crippen MR) is 32.8 cm³/mol. The van der Waals surface area contributed by atoms with Crippen LogP contribution < -0.4 is 5.11 Å². The molecule has 0 aliphatic heterocycles. The fraction of sp³-hybridized carbons (Fsp3) is 0.571. The number of aliphatic carboxylic acids is 1. The Morgan fingerprint density at radius 2 is 1.67 bits per heavy atom. The minimum Gasteiger partial charge on any atom is -0.546 e. The molecule has 0 aromatic heterocycles. The van der Waals surface area contributed by atoms with Gasteiger partial charge >= 0.3 is 11.8 Å². The molecule has 0 bridgehead atoms. The van der Waals surface area contributed by atoms with Gasteiger partial charge in [-0.2, -0.15) is 17.6 Å². The second kappa shape index (κ2) is 2.89. The maximum atomic E-state index is 13.0. The molecule has 1 aliphatic rings. The molecule has 1 aliphatic carbocycles. The van der Waals surface area contributed by atoms with Crippen LogP contribution in [0.2, 0.25) is 0 Å². The van der Waals surface area contributed by atoms with E-state index in [2.05, 4.69) is 0 Å². The number of carboxylic acid groups (broad SMARTS) is 1. The van der Waals surface area contributed by atoms with E-state index in [1.165, 1.54) is 0 Å². The first-order valence-electron chi connectivity index (χ1n) is 3.57. The molecule has 0 radical (unpaired) electrons. The fourth-order valence-corrected chi connectivity index (χ4v) is 1.05. The Hall–Kier alpha value is -1.21. The summed E-state index contributed by atoms with van der Waals surface area (Å²) in [6, 6.07) is 0.